The highest BCUT2D eigenvalue weighted by atomic mass is 32.1. The topological polar surface area (TPSA) is 61.9 Å². The number of hydrogen-bond acceptors (Lipinski definition) is 6. The van der Waals surface area contributed by atoms with E-state index in [1.54, 1.807) is 19.2 Å². The number of amides is 2. The third-order valence-electron chi connectivity index (χ3n) is 4.79. The fourth-order valence-corrected chi connectivity index (χ4v) is 4.05. The Morgan fingerprint density at radius 1 is 0.967 bits per heavy atom. The number of rotatable bonds is 6. The van der Waals surface area contributed by atoms with Gasteiger partial charge in [0.25, 0.3) is 11.8 Å². The van der Waals surface area contributed by atoms with Gasteiger partial charge in [-0.1, -0.05) is 18.2 Å². The molecule has 1 aromatic heterocycles. The summed E-state index contributed by atoms with van der Waals surface area (Å²) in [5, 5.41) is 5.04. The Labute approximate surface area is 179 Å². The average Bonchev–Trinajstić information content (AvgIpc) is 3.35. The molecule has 152 valence electrons. The van der Waals surface area contributed by atoms with Crippen molar-refractivity contribution in [1.82, 2.24) is 0 Å². The highest BCUT2D eigenvalue weighted by Crippen LogP contribution is 2.36. The molecule has 7 heteroatoms. The minimum atomic E-state index is -0.387. The van der Waals surface area contributed by atoms with Crippen molar-refractivity contribution in [3.05, 3.63) is 76.6 Å². The summed E-state index contributed by atoms with van der Waals surface area (Å²) in [6, 6.07) is 18.3. The maximum atomic E-state index is 13.4. The molecule has 30 heavy (non-hydrogen) atoms. The zero-order valence-corrected chi connectivity index (χ0v) is 17.7. The molecule has 6 nitrogen and oxygen atoms in total. The number of hydrogen-bond donors (Lipinski definition) is 1. The van der Waals surface area contributed by atoms with Gasteiger partial charge in [-0.15, -0.1) is 11.3 Å². The molecular weight excluding hydrogens is 398 g/mol. The molecular formula is C23H21N3O3S. The molecule has 1 aliphatic rings. The zero-order chi connectivity index (χ0) is 21.3. The van der Waals surface area contributed by atoms with E-state index in [1.165, 1.54) is 16.2 Å². The molecule has 0 aliphatic carbocycles. The van der Waals surface area contributed by atoms with Gasteiger partial charge in [-0.05, 0) is 41.8 Å². The van der Waals surface area contributed by atoms with Crippen LogP contribution in [0.25, 0.3) is 5.57 Å². The molecule has 0 bridgehead atoms. The second-order valence-corrected chi connectivity index (χ2v) is 7.89. The molecule has 2 aromatic carbocycles. The summed E-state index contributed by atoms with van der Waals surface area (Å²) in [5.41, 5.74) is 2.73. The van der Waals surface area contributed by atoms with Crippen molar-refractivity contribution in [3.63, 3.8) is 0 Å². The Hall–Kier alpha value is -3.58. The third-order valence-corrected chi connectivity index (χ3v) is 5.68. The molecule has 2 amide bonds. The second kappa shape index (κ2) is 8.04. The van der Waals surface area contributed by atoms with Gasteiger partial charge in [0.2, 0.25) is 0 Å². The first-order chi connectivity index (χ1) is 14.5. The van der Waals surface area contributed by atoms with E-state index in [0.29, 0.717) is 22.7 Å². The van der Waals surface area contributed by atoms with E-state index in [4.69, 9.17) is 4.74 Å². The lowest BCUT2D eigenvalue weighted by atomic mass is 10.2. The van der Waals surface area contributed by atoms with Crippen LogP contribution < -0.4 is 19.9 Å². The molecule has 1 aliphatic heterocycles. The van der Waals surface area contributed by atoms with E-state index in [2.05, 4.69) is 5.32 Å². The van der Waals surface area contributed by atoms with Gasteiger partial charge in [-0.3, -0.25) is 9.59 Å². The van der Waals surface area contributed by atoms with Crippen LogP contribution in [0.3, 0.4) is 0 Å². The van der Waals surface area contributed by atoms with Gasteiger partial charge in [0.05, 0.1) is 18.4 Å². The smallest absolute Gasteiger partial charge is 0.282 e. The predicted molar refractivity (Wildman–Crippen MR) is 121 cm³/mol. The highest BCUT2D eigenvalue weighted by Gasteiger charge is 2.40. The van der Waals surface area contributed by atoms with E-state index in [9.17, 15) is 9.59 Å². The van der Waals surface area contributed by atoms with Gasteiger partial charge in [0, 0.05) is 36.4 Å². The van der Waals surface area contributed by atoms with E-state index in [-0.39, 0.29) is 17.5 Å². The molecule has 2 heterocycles. The summed E-state index contributed by atoms with van der Waals surface area (Å²) < 4.78 is 5.27. The Morgan fingerprint density at radius 3 is 2.47 bits per heavy atom. The summed E-state index contributed by atoms with van der Waals surface area (Å²) in [5.74, 6) is -0.0727. The van der Waals surface area contributed by atoms with Crippen molar-refractivity contribution in [3.8, 4) is 5.75 Å². The lowest BCUT2D eigenvalue weighted by Crippen LogP contribution is -2.32. The van der Waals surface area contributed by atoms with Crippen LogP contribution in [0.4, 0.5) is 17.1 Å². The van der Waals surface area contributed by atoms with Crippen LogP contribution in [-0.2, 0) is 9.59 Å². The first kappa shape index (κ1) is 19.7. The van der Waals surface area contributed by atoms with Gasteiger partial charge in [0.15, 0.2) is 0 Å². The number of nitrogens with one attached hydrogen (secondary N) is 1. The fraction of sp³-hybridized carbons (Fsp3) is 0.130. The lowest BCUT2D eigenvalue weighted by molar-refractivity contribution is -0.120. The number of anilines is 3. The highest BCUT2D eigenvalue weighted by molar-refractivity contribution is 7.11. The van der Waals surface area contributed by atoms with Crippen LogP contribution in [0.1, 0.15) is 4.88 Å². The number of nitrogens with zero attached hydrogens (tertiary/aromatic N) is 2. The van der Waals surface area contributed by atoms with Gasteiger partial charge >= 0.3 is 0 Å². The SMILES string of the molecule is COc1cccc(NC2=C(c3cccs3)C(=O)N(c3cccc(N(C)C)c3)C2=O)c1. The second-order valence-electron chi connectivity index (χ2n) is 6.94. The average molecular weight is 420 g/mol. The van der Waals surface area contributed by atoms with Crippen LogP contribution in [0, 0.1) is 0 Å². The molecule has 0 fully saturated rings. The number of thiophene rings is 1. The first-order valence-corrected chi connectivity index (χ1v) is 10.2. The van der Waals surface area contributed by atoms with Crippen molar-refractivity contribution in [2.75, 3.05) is 36.3 Å². The summed E-state index contributed by atoms with van der Waals surface area (Å²) in [6.45, 7) is 0. The number of benzene rings is 2. The molecule has 4 rings (SSSR count). The number of carbonyl (C=O) groups excluding carboxylic acids is 2. The fourth-order valence-electron chi connectivity index (χ4n) is 3.29. The molecule has 0 atom stereocenters. The zero-order valence-electron chi connectivity index (χ0n) is 16.9. The summed E-state index contributed by atoms with van der Waals surface area (Å²) in [4.78, 5) is 30.7. The Kier molecular flexibility index (Phi) is 5.29. The maximum absolute atomic E-state index is 13.4. The van der Waals surface area contributed by atoms with Crippen molar-refractivity contribution >= 4 is 45.8 Å². The van der Waals surface area contributed by atoms with E-state index >= 15 is 0 Å². The van der Waals surface area contributed by atoms with Crippen LogP contribution in [-0.4, -0.2) is 33.0 Å². The molecule has 0 saturated carbocycles. The number of methoxy groups -OCH3 is 1. The summed E-state index contributed by atoms with van der Waals surface area (Å²) >= 11 is 1.42. The van der Waals surface area contributed by atoms with E-state index in [1.807, 2.05) is 72.9 Å². The standard InChI is InChI=1S/C23H21N3O3S/c1-25(2)16-8-5-9-17(14-16)26-22(27)20(19-11-6-12-30-19)21(23(26)28)24-15-7-4-10-18(13-15)29-3/h4-14,24H,1-3H3. The number of imide groups is 1. The van der Waals surface area contributed by atoms with Crippen molar-refractivity contribution in [2.24, 2.45) is 0 Å². The Balaban J connectivity index is 1.78. The molecule has 1 N–H and O–H groups in total. The van der Waals surface area contributed by atoms with Crippen LogP contribution in [0.5, 0.6) is 5.75 Å². The van der Waals surface area contributed by atoms with Crippen LogP contribution in [0.2, 0.25) is 0 Å². The Bertz CT molecular complexity index is 1140. The van der Waals surface area contributed by atoms with E-state index in [0.717, 1.165) is 10.6 Å². The molecule has 0 spiro atoms. The summed E-state index contributed by atoms with van der Waals surface area (Å²) in [7, 11) is 5.41. The van der Waals surface area contributed by atoms with Gasteiger partial charge in [0.1, 0.15) is 11.4 Å². The molecule has 0 saturated heterocycles. The lowest BCUT2D eigenvalue weighted by Gasteiger charge is -2.19. The molecule has 0 unspecified atom stereocenters. The van der Waals surface area contributed by atoms with Crippen molar-refractivity contribution in [1.29, 1.82) is 0 Å². The molecule has 0 radical (unpaired) electrons. The van der Waals surface area contributed by atoms with Gasteiger partial charge in [-0.2, -0.15) is 0 Å². The predicted octanol–water partition coefficient (Wildman–Crippen LogP) is 4.22. The third kappa shape index (κ3) is 3.55. The summed E-state index contributed by atoms with van der Waals surface area (Å²) in [6.07, 6.45) is 0. The van der Waals surface area contributed by atoms with Crippen molar-refractivity contribution < 1.29 is 14.3 Å². The largest absolute Gasteiger partial charge is 0.497 e. The monoisotopic (exact) mass is 419 g/mol. The number of carbonyl (C=O) groups is 2. The normalized spacial score (nSPS) is 13.8. The van der Waals surface area contributed by atoms with Gasteiger partial charge in [-0.25, -0.2) is 4.90 Å². The first-order valence-electron chi connectivity index (χ1n) is 9.35. The van der Waals surface area contributed by atoms with Crippen LogP contribution >= 0.6 is 11.3 Å². The molecule has 3 aromatic rings. The van der Waals surface area contributed by atoms with Crippen molar-refractivity contribution in [2.45, 2.75) is 0 Å². The van der Waals surface area contributed by atoms with Crippen LogP contribution in [0.15, 0.2) is 71.7 Å². The maximum Gasteiger partial charge on any atom is 0.282 e. The minimum Gasteiger partial charge on any atom is -0.497 e. The Morgan fingerprint density at radius 2 is 1.77 bits per heavy atom. The van der Waals surface area contributed by atoms with Gasteiger partial charge < -0.3 is 15.0 Å². The quantitative estimate of drug-likeness (QED) is 0.606. The number of ether oxygens (including phenoxy) is 1. The van der Waals surface area contributed by atoms with E-state index < -0.39 is 0 Å². The minimum absolute atomic E-state index is 0.256.